The quantitative estimate of drug-likeness (QED) is 0.519. The maximum atomic E-state index is 13.2. The lowest BCUT2D eigenvalue weighted by Crippen LogP contribution is -2.51. The molecule has 2 aromatic carbocycles. The standard InChI is InChI=1S/C22H27FN2O6S/c1-30-19-7-2-3-8-21(19)32(28,29)25-18-10-9-17(31-20(18)14-26)12-22(27)24-13-15-5-4-6-16(23)11-15/h2-8,11,17-18,20,25-26H,9-10,12-14H2,1H3,(H,24,27)/t17-,18+,20+/m1/s1. The molecule has 1 fully saturated rings. The van der Waals surface area contributed by atoms with Gasteiger partial charge in [0.1, 0.15) is 16.5 Å². The highest BCUT2D eigenvalue weighted by atomic mass is 32.2. The average molecular weight is 467 g/mol. The van der Waals surface area contributed by atoms with Crippen LogP contribution in [0.5, 0.6) is 5.75 Å². The Morgan fingerprint density at radius 2 is 2.00 bits per heavy atom. The number of sulfonamides is 1. The second-order valence-electron chi connectivity index (χ2n) is 7.55. The van der Waals surface area contributed by atoms with E-state index in [1.165, 1.54) is 25.3 Å². The Balaban J connectivity index is 1.55. The summed E-state index contributed by atoms with van der Waals surface area (Å²) < 4.78 is 52.4. The summed E-state index contributed by atoms with van der Waals surface area (Å²) in [6, 6.07) is 11.5. The van der Waals surface area contributed by atoms with Crippen LogP contribution < -0.4 is 14.8 Å². The number of carbonyl (C=O) groups is 1. The summed E-state index contributed by atoms with van der Waals surface area (Å²) >= 11 is 0. The fourth-order valence-corrected chi connectivity index (χ4v) is 5.12. The van der Waals surface area contributed by atoms with Crippen LogP contribution in [0.2, 0.25) is 0 Å². The van der Waals surface area contributed by atoms with Gasteiger partial charge in [-0.3, -0.25) is 4.79 Å². The summed E-state index contributed by atoms with van der Waals surface area (Å²) in [4.78, 5) is 12.3. The first-order valence-corrected chi connectivity index (χ1v) is 11.7. The van der Waals surface area contributed by atoms with E-state index in [0.717, 1.165) is 0 Å². The monoisotopic (exact) mass is 466 g/mol. The Bertz CT molecular complexity index is 1030. The molecule has 0 spiro atoms. The van der Waals surface area contributed by atoms with Crippen LogP contribution >= 0.6 is 0 Å². The van der Waals surface area contributed by atoms with Gasteiger partial charge in [-0.1, -0.05) is 24.3 Å². The van der Waals surface area contributed by atoms with Crippen LogP contribution in [-0.2, 0) is 26.1 Å². The normalized spacial score (nSPS) is 21.2. The Labute approximate surface area is 186 Å². The molecule has 3 N–H and O–H groups in total. The van der Waals surface area contributed by atoms with Crippen molar-refractivity contribution in [1.29, 1.82) is 0 Å². The maximum absolute atomic E-state index is 13.2. The number of hydrogen-bond donors (Lipinski definition) is 3. The lowest BCUT2D eigenvalue weighted by Gasteiger charge is -2.35. The van der Waals surface area contributed by atoms with E-state index in [1.54, 1.807) is 30.3 Å². The minimum atomic E-state index is -3.91. The predicted molar refractivity (Wildman–Crippen MR) is 115 cm³/mol. The number of methoxy groups -OCH3 is 1. The van der Waals surface area contributed by atoms with E-state index in [-0.39, 0.29) is 35.3 Å². The number of nitrogens with one attached hydrogen (secondary N) is 2. The Kier molecular flexibility index (Phi) is 8.19. The van der Waals surface area contributed by atoms with Crippen LogP contribution in [-0.4, -0.2) is 51.4 Å². The predicted octanol–water partition coefficient (Wildman–Crippen LogP) is 1.73. The van der Waals surface area contributed by atoms with Crippen molar-refractivity contribution in [1.82, 2.24) is 10.0 Å². The molecule has 174 valence electrons. The second-order valence-corrected chi connectivity index (χ2v) is 9.23. The van der Waals surface area contributed by atoms with E-state index in [9.17, 15) is 22.7 Å². The Hall–Kier alpha value is -2.53. The van der Waals surface area contributed by atoms with Gasteiger partial charge >= 0.3 is 0 Å². The summed E-state index contributed by atoms with van der Waals surface area (Å²) in [6.07, 6.45) is -0.386. The van der Waals surface area contributed by atoms with Crippen molar-refractivity contribution < 1.29 is 32.2 Å². The lowest BCUT2D eigenvalue weighted by molar-refractivity contribution is -0.130. The minimum Gasteiger partial charge on any atom is -0.495 e. The zero-order valence-electron chi connectivity index (χ0n) is 17.7. The van der Waals surface area contributed by atoms with E-state index in [4.69, 9.17) is 9.47 Å². The highest BCUT2D eigenvalue weighted by Gasteiger charge is 2.35. The van der Waals surface area contributed by atoms with Crippen molar-refractivity contribution in [2.24, 2.45) is 0 Å². The first-order chi connectivity index (χ1) is 15.3. The number of aliphatic hydroxyl groups is 1. The molecule has 32 heavy (non-hydrogen) atoms. The molecule has 1 heterocycles. The molecular weight excluding hydrogens is 439 g/mol. The van der Waals surface area contributed by atoms with Gasteiger partial charge in [0.15, 0.2) is 0 Å². The van der Waals surface area contributed by atoms with Crippen molar-refractivity contribution >= 4 is 15.9 Å². The summed E-state index contributed by atoms with van der Waals surface area (Å²) in [7, 11) is -2.52. The first kappa shape index (κ1) is 24.1. The number of aliphatic hydroxyl groups excluding tert-OH is 1. The summed E-state index contributed by atoms with van der Waals surface area (Å²) in [6.45, 7) is -0.214. The van der Waals surface area contributed by atoms with Crippen molar-refractivity contribution in [2.75, 3.05) is 13.7 Å². The topological polar surface area (TPSA) is 114 Å². The number of hydrogen-bond acceptors (Lipinski definition) is 6. The van der Waals surface area contributed by atoms with Crippen LogP contribution in [0.4, 0.5) is 4.39 Å². The van der Waals surface area contributed by atoms with Gasteiger partial charge < -0.3 is 19.9 Å². The lowest BCUT2D eigenvalue weighted by atomic mass is 9.98. The molecule has 0 unspecified atom stereocenters. The number of amides is 1. The largest absolute Gasteiger partial charge is 0.495 e. The molecule has 0 aromatic heterocycles. The highest BCUT2D eigenvalue weighted by molar-refractivity contribution is 7.89. The third kappa shape index (κ3) is 6.26. The third-order valence-corrected chi connectivity index (χ3v) is 6.78. The van der Waals surface area contributed by atoms with Crippen LogP contribution in [0.3, 0.4) is 0 Å². The van der Waals surface area contributed by atoms with E-state index in [2.05, 4.69) is 10.0 Å². The molecule has 3 rings (SSSR count). The van der Waals surface area contributed by atoms with Gasteiger partial charge in [0.05, 0.1) is 38.4 Å². The molecule has 1 aliphatic rings. The molecule has 0 saturated carbocycles. The van der Waals surface area contributed by atoms with Gasteiger partial charge in [0.2, 0.25) is 15.9 Å². The summed E-state index contributed by atoms with van der Waals surface area (Å²) in [5.74, 6) is -0.436. The maximum Gasteiger partial charge on any atom is 0.244 e. The molecule has 10 heteroatoms. The summed E-state index contributed by atoms with van der Waals surface area (Å²) in [5, 5.41) is 12.5. The van der Waals surface area contributed by atoms with Crippen LogP contribution in [0.15, 0.2) is 53.4 Å². The molecule has 8 nitrogen and oxygen atoms in total. The highest BCUT2D eigenvalue weighted by Crippen LogP contribution is 2.26. The van der Waals surface area contributed by atoms with Crippen molar-refractivity contribution in [3.05, 3.63) is 59.9 Å². The van der Waals surface area contributed by atoms with Gasteiger partial charge in [-0.25, -0.2) is 17.5 Å². The molecule has 0 aliphatic carbocycles. The fourth-order valence-electron chi connectivity index (χ4n) is 3.65. The van der Waals surface area contributed by atoms with E-state index in [0.29, 0.717) is 18.4 Å². The zero-order valence-corrected chi connectivity index (χ0v) is 18.5. The third-order valence-electron chi connectivity index (χ3n) is 5.25. The van der Waals surface area contributed by atoms with Crippen LogP contribution in [0, 0.1) is 5.82 Å². The molecular formula is C22H27FN2O6S. The van der Waals surface area contributed by atoms with E-state index < -0.39 is 34.9 Å². The number of carbonyl (C=O) groups excluding carboxylic acids is 1. The second kappa shape index (κ2) is 10.9. The first-order valence-electron chi connectivity index (χ1n) is 10.2. The molecule has 0 bridgehead atoms. The van der Waals surface area contributed by atoms with Crippen molar-refractivity contribution in [2.45, 2.75) is 49.0 Å². The van der Waals surface area contributed by atoms with Gasteiger partial charge in [0, 0.05) is 6.54 Å². The molecule has 1 aliphatic heterocycles. The molecule has 3 atom stereocenters. The Morgan fingerprint density at radius 3 is 2.72 bits per heavy atom. The SMILES string of the molecule is COc1ccccc1S(=O)(=O)N[C@H]1CC[C@H](CC(=O)NCc2cccc(F)c2)O[C@H]1CO. The van der Waals surface area contributed by atoms with Gasteiger partial charge in [0.25, 0.3) is 0 Å². The summed E-state index contributed by atoms with van der Waals surface area (Å²) in [5.41, 5.74) is 0.641. The van der Waals surface area contributed by atoms with Crippen LogP contribution in [0.1, 0.15) is 24.8 Å². The van der Waals surface area contributed by atoms with Crippen molar-refractivity contribution in [3.63, 3.8) is 0 Å². The molecule has 0 radical (unpaired) electrons. The number of para-hydroxylation sites is 1. The molecule has 1 saturated heterocycles. The minimum absolute atomic E-state index is 0.00182. The Morgan fingerprint density at radius 1 is 1.22 bits per heavy atom. The van der Waals surface area contributed by atoms with E-state index in [1.807, 2.05) is 0 Å². The number of rotatable bonds is 9. The average Bonchev–Trinajstić information content (AvgIpc) is 2.78. The smallest absolute Gasteiger partial charge is 0.244 e. The number of halogens is 1. The fraction of sp³-hybridized carbons (Fsp3) is 0.409. The van der Waals surface area contributed by atoms with Gasteiger partial charge in [-0.05, 0) is 42.7 Å². The molecule has 1 amide bonds. The van der Waals surface area contributed by atoms with Gasteiger partial charge in [-0.2, -0.15) is 0 Å². The molecule has 2 aromatic rings. The van der Waals surface area contributed by atoms with Crippen LogP contribution in [0.25, 0.3) is 0 Å². The van der Waals surface area contributed by atoms with E-state index >= 15 is 0 Å². The zero-order chi connectivity index (χ0) is 23.1. The number of ether oxygens (including phenoxy) is 2. The van der Waals surface area contributed by atoms with Gasteiger partial charge in [-0.15, -0.1) is 0 Å². The van der Waals surface area contributed by atoms with Crippen molar-refractivity contribution in [3.8, 4) is 5.75 Å². The number of benzene rings is 2.